The molecule has 0 spiro atoms. The van der Waals surface area contributed by atoms with Crippen molar-refractivity contribution in [1.29, 1.82) is 0 Å². The first-order valence-corrected chi connectivity index (χ1v) is 16.8. The van der Waals surface area contributed by atoms with Crippen LogP contribution in [0.2, 0.25) is 0 Å². The van der Waals surface area contributed by atoms with Gasteiger partial charge in [0.15, 0.2) is 5.54 Å². The number of thioether (sulfide) groups is 3. The van der Waals surface area contributed by atoms with Crippen molar-refractivity contribution < 1.29 is 19.4 Å². The zero-order valence-corrected chi connectivity index (χ0v) is 26.7. The molecule has 1 aromatic carbocycles. The summed E-state index contributed by atoms with van der Waals surface area (Å²) in [5.74, 6) is 2.83. The molecule has 10 heteroatoms. The van der Waals surface area contributed by atoms with Crippen molar-refractivity contribution in [3.8, 4) is 5.75 Å². The van der Waals surface area contributed by atoms with Gasteiger partial charge in [0, 0.05) is 28.7 Å². The predicted octanol–water partition coefficient (Wildman–Crippen LogP) is 5.13. The Bertz CT molecular complexity index is 1110. The number of hydrogen-bond acceptors (Lipinski definition) is 10. The summed E-state index contributed by atoms with van der Waals surface area (Å²) in [6.07, 6.45) is 3.97. The van der Waals surface area contributed by atoms with Crippen LogP contribution in [0.4, 0.5) is 0 Å². The average Bonchev–Trinajstić information content (AvgIpc) is 3.66. The smallest absolute Gasteiger partial charge is 0.334 e. The molecule has 4 rings (SSSR count). The Morgan fingerprint density at radius 2 is 2.03 bits per heavy atom. The van der Waals surface area contributed by atoms with Gasteiger partial charge in [0.2, 0.25) is 0 Å². The number of carbonyl (C=O) groups is 1. The summed E-state index contributed by atoms with van der Waals surface area (Å²) < 4.78 is 10.8. The fourth-order valence-electron chi connectivity index (χ4n) is 5.51. The van der Waals surface area contributed by atoms with Gasteiger partial charge >= 0.3 is 5.97 Å². The summed E-state index contributed by atoms with van der Waals surface area (Å²) >= 11 is 5.24. The maximum atomic E-state index is 12.3. The normalized spacial score (nSPS) is 28.4. The van der Waals surface area contributed by atoms with Crippen LogP contribution in [0.15, 0.2) is 28.2 Å². The number of carbonyl (C=O) groups excluding carboxylic acids is 1. The lowest BCUT2D eigenvalue weighted by Crippen LogP contribution is -2.51. The molecule has 0 bridgehead atoms. The summed E-state index contributed by atoms with van der Waals surface area (Å²) in [6.45, 7) is 8.09. The second-order valence-corrected chi connectivity index (χ2v) is 14.5. The van der Waals surface area contributed by atoms with Gasteiger partial charge in [-0.25, -0.2) is 4.79 Å². The second-order valence-electron chi connectivity index (χ2n) is 11.4. The molecule has 3 aliphatic heterocycles. The maximum absolute atomic E-state index is 12.3. The maximum Gasteiger partial charge on any atom is 0.334 e. The van der Waals surface area contributed by atoms with Crippen LogP contribution in [0.1, 0.15) is 58.1 Å². The van der Waals surface area contributed by atoms with Gasteiger partial charge in [-0.1, -0.05) is 45.7 Å². The Balaban J connectivity index is 1.50. The number of aliphatic imine (C=N–C) groups is 2. The highest BCUT2D eigenvalue weighted by molar-refractivity contribution is 8.15. The first-order chi connectivity index (χ1) is 18.6. The van der Waals surface area contributed by atoms with Crippen molar-refractivity contribution in [2.75, 3.05) is 38.5 Å². The third-order valence-electron chi connectivity index (χ3n) is 8.08. The van der Waals surface area contributed by atoms with E-state index in [2.05, 4.69) is 31.0 Å². The molecule has 3 heterocycles. The minimum Gasteiger partial charge on any atom is -0.496 e. The molecule has 216 valence electrons. The lowest BCUT2D eigenvalue weighted by molar-refractivity contribution is -0.145. The fraction of sp³-hybridized carbons (Fsp3) is 0.690. The molecule has 0 amide bonds. The van der Waals surface area contributed by atoms with Crippen LogP contribution in [0.5, 0.6) is 5.75 Å². The highest BCUT2D eigenvalue weighted by atomic mass is 32.2. The molecule has 3 aliphatic rings. The molecule has 0 aromatic heterocycles. The van der Waals surface area contributed by atoms with Crippen LogP contribution < -0.4 is 4.74 Å². The van der Waals surface area contributed by atoms with E-state index in [1.165, 1.54) is 25.5 Å². The van der Waals surface area contributed by atoms with Crippen LogP contribution in [-0.2, 0) is 16.0 Å². The van der Waals surface area contributed by atoms with E-state index in [1.54, 1.807) is 25.8 Å². The SMILES string of the molecule is CCCCCc1cccc(OC)c1C1=NC(C2SCC(C(O)C(C)(C)C3=NC(C)(C(=O)OC)CS3)N2C)CS1. The standard InChI is InChI=1S/C29H43N3O4S3/c1-8-9-10-12-18-13-11-14-21(35-6)22(18)24-30-19(15-37-24)25-32(5)20(16-38-25)23(33)28(2,3)26-31-29(4,17-39-26)27(34)36-7/h11,13-14,19-20,23,25,33H,8-10,12,15-17H2,1-7H3. The molecule has 1 saturated heterocycles. The zero-order chi connectivity index (χ0) is 28.4. The molecule has 7 nitrogen and oxygen atoms in total. The number of nitrogens with zero attached hydrogens (tertiary/aromatic N) is 3. The Morgan fingerprint density at radius 1 is 1.26 bits per heavy atom. The number of benzene rings is 1. The number of rotatable bonds is 11. The van der Waals surface area contributed by atoms with E-state index in [1.807, 2.05) is 43.4 Å². The van der Waals surface area contributed by atoms with Crippen molar-refractivity contribution in [2.45, 2.75) is 82.5 Å². The van der Waals surface area contributed by atoms with Crippen LogP contribution in [0.3, 0.4) is 0 Å². The van der Waals surface area contributed by atoms with Crippen molar-refractivity contribution in [1.82, 2.24) is 4.90 Å². The van der Waals surface area contributed by atoms with Crippen molar-refractivity contribution in [3.05, 3.63) is 29.3 Å². The third-order valence-corrected chi connectivity index (χ3v) is 12.3. The van der Waals surface area contributed by atoms with Crippen molar-refractivity contribution in [2.24, 2.45) is 15.4 Å². The Labute approximate surface area is 246 Å². The number of methoxy groups -OCH3 is 2. The fourth-order valence-corrected chi connectivity index (χ4v) is 9.75. The van der Waals surface area contributed by atoms with Gasteiger partial charge in [0.1, 0.15) is 10.8 Å². The van der Waals surface area contributed by atoms with Gasteiger partial charge in [-0.05, 0) is 38.4 Å². The molecule has 1 N–H and O–H groups in total. The number of likely N-dealkylation sites (N-methyl/N-ethyl adjacent to an activating group) is 1. The van der Waals surface area contributed by atoms with E-state index >= 15 is 0 Å². The Hall–Kier alpha value is -1.20. The number of aliphatic hydroxyl groups is 1. The van der Waals surface area contributed by atoms with Gasteiger partial charge in [-0.3, -0.25) is 14.9 Å². The highest BCUT2D eigenvalue weighted by Crippen LogP contribution is 2.44. The number of aliphatic hydroxyl groups excluding tert-OH is 1. The monoisotopic (exact) mass is 593 g/mol. The summed E-state index contributed by atoms with van der Waals surface area (Å²) in [6, 6.07) is 6.42. The molecule has 5 unspecified atom stereocenters. The van der Waals surface area contributed by atoms with Crippen LogP contribution in [0, 0.1) is 5.41 Å². The molecule has 39 heavy (non-hydrogen) atoms. The quantitative estimate of drug-likeness (QED) is 0.279. The number of esters is 1. The highest BCUT2D eigenvalue weighted by Gasteiger charge is 2.50. The molecule has 0 saturated carbocycles. The van der Waals surface area contributed by atoms with Crippen LogP contribution in [0.25, 0.3) is 0 Å². The largest absolute Gasteiger partial charge is 0.496 e. The molecule has 1 aromatic rings. The van der Waals surface area contributed by atoms with E-state index in [-0.39, 0.29) is 23.4 Å². The summed E-state index contributed by atoms with van der Waals surface area (Å²) in [4.78, 5) is 24.6. The molecule has 0 aliphatic carbocycles. The van der Waals surface area contributed by atoms with Crippen molar-refractivity contribution in [3.63, 3.8) is 0 Å². The summed E-state index contributed by atoms with van der Waals surface area (Å²) in [5.41, 5.74) is 0.974. The van der Waals surface area contributed by atoms with Gasteiger partial charge in [-0.2, -0.15) is 0 Å². The second kappa shape index (κ2) is 12.8. The van der Waals surface area contributed by atoms with E-state index in [4.69, 9.17) is 19.5 Å². The van der Waals surface area contributed by atoms with Gasteiger partial charge in [0.05, 0.1) is 42.3 Å². The molecular weight excluding hydrogens is 551 g/mol. The van der Waals surface area contributed by atoms with Gasteiger partial charge in [-0.15, -0.1) is 35.3 Å². The average molecular weight is 594 g/mol. The minimum absolute atomic E-state index is 0.0385. The first-order valence-electron chi connectivity index (χ1n) is 13.8. The third kappa shape index (κ3) is 6.20. The number of ether oxygens (including phenoxy) is 2. The molecular formula is C29H43N3O4S3. The topological polar surface area (TPSA) is 83.7 Å². The predicted molar refractivity (Wildman–Crippen MR) is 167 cm³/mol. The van der Waals surface area contributed by atoms with E-state index in [0.717, 1.165) is 45.7 Å². The summed E-state index contributed by atoms with van der Waals surface area (Å²) in [5, 5.41) is 13.7. The Kier molecular flexibility index (Phi) is 10.1. The summed E-state index contributed by atoms with van der Waals surface area (Å²) in [7, 11) is 5.24. The molecule has 5 atom stereocenters. The van der Waals surface area contributed by atoms with Crippen molar-refractivity contribution >= 4 is 51.3 Å². The van der Waals surface area contributed by atoms with E-state index < -0.39 is 17.1 Å². The van der Waals surface area contributed by atoms with Crippen LogP contribution in [-0.4, -0.2) is 93.7 Å². The van der Waals surface area contributed by atoms with Gasteiger partial charge < -0.3 is 14.6 Å². The lowest BCUT2D eigenvalue weighted by atomic mass is 9.83. The van der Waals surface area contributed by atoms with E-state index in [9.17, 15) is 9.90 Å². The van der Waals surface area contributed by atoms with Crippen LogP contribution >= 0.6 is 35.3 Å². The lowest BCUT2D eigenvalue weighted by Gasteiger charge is -2.38. The number of unbranched alkanes of at least 4 members (excludes halogenated alkanes) is 2. The zero-order valence-electron chi connectivity index (χ0n) is 24.2. The molecule has 0 radical (unpaired) electrons. The number of aryl methyl sites for hydroxylation is 1. The van der Waals surface area contributed by atoms with Gasteiger partial charge in [0.25, 0.3) is 0 Å². The number of hydrogen-bond donors (Lipinski definition) is 1. The minimum atomic E-state index is -0.898. The molecule has 1 fully saturated rings. The Morgan fingerprint density at radius 3 is 2.72 bits per heavy atom. The first kappa shape index (κ1) is 30.8. The van der Waals surface area contributed by atoms with E-state index in [0.29, 0.717) is 5.75 Å².